The molecule has 82 valence electrons. The smallest absolute Gasteiger partial charge is 0.122 e. The number of methoxy groups -OCH3 is 1. The first-order chi connectivity index (χ1) is 7.17. The van der Waals surface area contributed by atoms with E-state index in [0.29, 0.717) is 24.5 Å². The third-order valence-corrected chi connectivity index (χ3v) is 2.03. The van der Waals surface area contributed by atoms with Crippen molar-refractivity contribution in [2.24, 2.45) is 0 Å². The molecule has 1 N–H and O–H groups in total. The van der Waals surface area contributed by atoms with Gasteiger partial charge in [-0.15, -0.1) is 0 Å². The maximum absolute atomic E-state index is 9.66. The first-order valence-corrected chi connectivity index (χ1v) is 4.83. The molecule has 1 rings (SSSR count). The van der Waals surface area contributed by atoms with E-state index in [1.807, 2.05) is 6.92 Å². The van der Waals surface area contributed by atoms with E-state index in [9.17, 15) is 5.11 Å². The number of aromatic hydroxyl groups is 1. The average molecular weight is 208 g/mol. The van der Waals surface area contributed by atoms with Crippen LogP contribution in [-0.4, -0.2) is 18.8 Å². The Hall–Kier alpha value is -1.64. The Labute approximate surface area is 90.0 Å². The lowest BCUT2D eigenvalue weighted by Crippen LogP contribution is -1.95. The van der Waals surface area contributed by atoms with E-state index < -0.39 is 0 Å². The molecule has 3 nitrogen and oxygen atoms in total. The lowest BCUT2D eigenvalue weighted by atomic mass is 10.1. The molecule has 1 aromatic carbocycles. The first kappa shape index (κ1) is 11.4. The molecule has 0 saturated heterocycles. The molecule has 1 aromatic rings. The summed E-state index contributed by atoms with van der Waals surface area (Å²) in [5.74, 6) is 1.49. The molecule has 0 radical (unpaired) electrons. The fraction of sp³-hybridized carbons (Fsp3) is 0.333. The van der Waals surface area contributed by atoms with Crippen LogP contribution in [-0.2, 0) is 11.2 Å². The minimum Gasteiger partial charge on any atom is -0.508 e. The molecule has 0 aliphatic rings. The van der Waals surface area contributed by atoms with Gasteiger partial charge in [0.2, 0.25) is 0 Å². The Morgan fingerprint density at radius 3 is 2.73 bits per heavy atom. The van der Waals surface area contributed by atoms with Crippen LogP contribution in [0.1, 0.15) is 12.5 Å². The van der Waals surface area contributed by atoms with Gasteiger partial charge in [0.05, 0.1) is 19.5 Å². The van der Waals surface area contributed by atoms with Crippen molar-refractivity contribution >= 4 is 0 Å². The van der Waals surface area contributed by atoms with Crippen molar-refractivity contribution in [2.75, 3.05) is 13.7 Å². The third-order valence-electron chi connectivity index (χ3n) is 2.03. The van der Waals surface area contributed by atoms with Gasteiger partial charge in [-0.1, -0.05) is 12.6 Å². The molecule has 0 fully saturated rings. The summed E-state index contributed by atoms with van der Waals surface area (Å²) in [7, 11) is 1.56. The molecule has 0 heterocycles. The summed E-state index contributed by atoms with van der Waals surface area (Å²) in [6.45, 7) is 6.25. The molecule has 0 spiro atoms. The van der Waals surface area contributed by atoms with E-state index in [2.05, 4.69) is 6.58 Å². The molecule has 0 amide bonds. The molecule has 0 atom stereocenters. The normalized spacial score (nSPS) is 9.73. The number of allylic oxidation sites excluding steroid dienone is 1. The van der Waals surface area contributed by atoms with Gasteiger partial charge in [-0.05, 0) is 13.0 Å². The fourth-order valence-electron chi connectivity index (χ4n) is 1.29. The fourth-order valence-corrected chi connectivity index (χ4v) is 1.29. The van der Waals surface area contributed by atoms with Crippen molar-refractivity contribution in [1.29, 1.82) is 0 Å². The van der Waals surface area contributed by atoms with Crippen LogP contribution in [0, 0.1) is 0 Å². The highest BCUT2D eigenvalue weighted by Crippen LogP contribution is 2.25. The maximum Gasteiger partial charge on any atom is 0.122 e. The summed E-state index contributed by atoms with van der Waals surface area (Å²) in [5.41, 5.74) is 0.786. The summed E-state index contributed by atoms with van der Waals surface area (Å²) in [5, 5.41) is 9.66. The Morgan fingerprint density at radius 1 is 1.47 bits per heavy atom. The summed E-state index contributed by atoms with van der Waals surface area (Å²) >= 11 is 0. The molecule has 0 aliphatic carbocycles. The van der Waals surface area contributed by atoms with Crippen molar-refractivity contribution in [3.8, 4) is 11.5 Å². The summed E-state index contributed by atoms with van der Waals surface area (Å²) in [6, 6.07) is 5.18. The van der Waals surface area contributed by atoms with Crippen LogP contribution < -0.4 is 4.74 Å². The maximum atomic E-state index is 9.66. The molecule has 0 aliphatic heterocycles. The largest absolute Gasteiger partial charge is 0.508 e. The van der Waals surface area contributed by atoms with Gasteiger partial charge in [0.25, 0.3) is 0 Å². The summed E-state index contributed by atoms with van der Waals surface area (Å²) in [4.78, 5) is 0. The van der Waals surface area contributed by atoms with Crippen molar-refractivity contribution < 1.29 is 14.6 Å². The molecule has 0 aromatic heterocycles. The van der Waals surface area contributed by atoms with E-state index in [1.54, 1.807) is 25.3 Å². The van der Waals surface area contributed by atoms with Gasteiger partial charge in [0.1, 0.15) is 11.5 Å². The van der Waals surface area contributed by atoms with Crippen LogP contribution in [0.25, 0.3) is 0 Å². The predicted octanol–water partition coefficient (Wildman–Crippen LogP) is 2.49. The topological polar surface area (TPSA) is 38.7 Å². The highest BCUT2D eigenvalue weighted by molar-refractivity contribution is 5.40. The SMILES string of the molecule is C=C(Cc1ccc(OC)cc1O)OCC. The number of phenols is 1. The number of rotatable bonds is 5. The van der Waals surface area contributed by atoms with Crippen LogP contribution in [0.4, 0.5) is 0 Å². The molecule has 3 heteroatoms. The molecule has 15 heavy (non-hydrogen) atoms. The van der Waals surface area contributed by atoms with Gasteiger partial charge >= 0.3 is 0 Å². The number of ether oxygens (including phenoxy) is 2. The molecule has 0 bridgehead atoms. The van der Waals surface area contributed by atoms with Gasteiger partial charge < -0.3 is 14.6 Å². The monoisotopic (exact) mass is 208 g/mol. The predicted molar refractivity (Wildman–Crippen MR) is 59.1 cm³/mol. The second kappa shape index (κ2) is 5.29. The minimum absolute atomic E-state index is 0.204. The van der Waals surface area contributed by atoms with Gasteiger partial charge in [0, 0.05) is 18.1 Å². The van der Waals surface area contributed by atoms with Crippen LogP contribution in [0.3, 0.4) is 0 Å². The Kier molecular flexibility index (Phi) is 4.03. The molecule has 0 saturated carbocycles. The van der Waals surface area contributed by atoms with Crippen molar-refractivity contribution in [3.05, 3.63) is 36.1 Å². The highest BCUT2D eigenvalue weighted by atomic mass is 16.5. The van der Waals surface area contributed by atoms with Crippen LogP contribution in [0.15, 0.2) is 30.5 Å². The molecular weight excluding hydrogens is 192 g/mol. The minimum atomic E-state index is 0.204. The number of benzene rings is 1. The van der Waals surface area contributed by atoms with E-state index in [-0.39, 0.29) is 5.75 Å². The lowest BCUT2D eigenvalue weighted by molar-refractivity contribution is 0.224. The van der Waals surface area contributed by atoms with Gasteiger partial charge in [-0.3, -0.25) is 0 Å². The molecule has 0 unspecified atom stereocenters. The second-order valence-electron chi connectivity index (χ2n) is 3.14. The zero-order chi connectivity index (χ0) is 11.3. The van der Waals surface area contributed by atoms with Gasteiger partial charge in [0.15, 0.2) is 0 Å². The van der Waals surface area contributed by atoms with Crippen LogP contribution >= 0.6 is 0 Å². The van der Waals surface area contributed by atoms with Gasteiger partial charge in [-0.2, -0.15) is 0 Å². The number of hydrogen-bond donors (Lipinski definition) is 1. The summed E-state index contributed by atoms with van der Waals surface area (Å²) < 4.78 is 10.2. The Balaban J connectivity index is 2.73. The van der Waals surface area contributed by atoms with E-state index >= 15 is 0 Å². The van der Waals surface area contributed by atoms with E-state index in [0.717, 1.165) is 5.56 Å². The average Bonchev–Trinajstić information content (AvgIpc) is 2.21. The van der Waals surface area contributed by atoms with Crippen LogP contribution in [0.2, 0.25) is 0 Å². The number of phenolic OH excluding ortho intramolecular Hbond substituents is 1. The van der Waals surface area contributed by atoms with Crippen molar-refractivity contribution in [1.82, 2.24) is 0 Å². The lowest BCUT2D eigenvalue weighted by Gasteiger charge is -2.09. The zero-order valence-electron chi connectivity index (χ0n) is 9.12. The second-order valence-corrected chi connectivity index (χ2v) is 3.14. The summed E-state index contributed by atoms with van der Waals surface area (Å²) in [6.07, 6.45) is 0.518. The molecular formula is C12H16O3. The van der Waals surface area contributed by atoms with Crippen LogP contribution in [0.5, 0.6) is 11.5 Å². The quantitative estimate of drug-likeness (QED) is 0.755. The van der Waals surface area contributed by atoms with E-state index in [1.165, 1.54) is 0 Å². The zero-order valence-corrected chi connectivity index (χ0v) is 9.12. The van der Waals surface area contributed by atoms with Crippen molar-refractivity contribution in [2.45, 2.75) is 13.3 Å². The first-order valence-electron chi connectivity index (χ1n) is 4.83. The number of hydrogen-bond acceptors (Lipinski definition) is 3. The Morgan fingerprint density at radius 2 is 2.20 bits per heavy atom. The third kappa shape index (κ3) is 3.20. The van der Waals surface area contributed by atoms with Gasteiger partial charge in [-0.25, -0.2) is 0 Å². The standard InChI is InChI=1S/C12H16O3/c1-4-15-9(2)7-10-5-6-11(14-3)8-12(10)13/h5-6,8,13H,2,4,7H2,1,3H3. The highest BCUT2D eigenvalue weighted by Gasteiger charge is 2.05. The van der Waals surface area contributed by atoms with E-state index in [4.69, 9.17) is 9.47 Å². The Bertz CT molecular complexity index is 345. The van der Waals surface area contributed by atoms with Crippen molar-refractivity contribution in [3.63, 3.8) is 0 Å².